The summed E-state index contributed by atoms with van der Waals surface area (Å²) in [4.78, 5) is 10.4. The molecule has 2 atom stereocenters. The van der Waals surface area contributed by atoms with Crippen LogP contribution in [0.25, 0.3) is 0 Å². The first-order valence-electron chi connectivity index (χ1n) is 6.15. The van der Waals surface area contributed by atoms with Gasteiger partial charge in [-0.2, -0.15) is 0 Å². The first-order valence-corrected chi connectivity index (χ1v) is 6.15. The number of rotatable bonds is 7. The van der Waals surface area contributed by atoms with Crippen molar-refractivity contribution < 1.29 is 19.7 Å². The molecule has 0 heterocycles. The summed E-state index contributed by atoms with van der Waals surface area (Å²) >= 11 is 0. The molecule has 0 aliphatic heterocycles. The predicted molar refractivity (Wildman–Crippen MR) is 68.9 cm³/mol. The topological polar surface area (TPSA) is 66.8 Å². The summed E-state index contributed by atoms with van der Waals surface area (Å²) in [5.74, 6) is 0.126. The molecule has 0 saturated heterocycles. The van der Waals surface area contributed by atoms with Crippen molar-refractivity contribution in [2.24, 2.45) is 0 Å². The molecule has 0 unspecified atom stereocenters. The quantitative estimate of drug-likeness (QED) is 0.782. The fraction of sp³-hybridized carbons (Fsp3) is 0.500. The first kappa shape index (κ1) is 14.5. The predicted octanol–water partition coefficient (Wildman–Crippen LogP) is 2.41. The number of carboxylic acids is 1. The molecule has 1 aromatic rings. The Balaban J connectivity index is 2.46. The zero-order chi connectivity index (χ0) is 13.5. The molecule has 2 N–H and O–H groups in total. The van der Waals surface area contributed by atoms with Gasteiger partial charge in [-0.05, 0) is 30.0 Å². The summed E-state index contributed by atoms with van der Waals surface area (Å²) in [5.41, 5.74) is 1.25. The summed E-state index contributed by atoms with van der Waals surface area (Å²) in [7, 11) is 0. The monoisotopic (exact) mass is 252 g/mol. The van der Waals surface area contributed by atoms with Gasteiger partial charge in [-0.15, -0.1) is 0 Å². The molecule has 1 aromatic carbocycles. The molecule has 4 heteroatoms. The number of benzene rings is 1. The fourth-order valence-corrected chi connectivity index (χ4v) is 1.58. The van der Waals surface area contributed by atoms with Crippen LogP contribution >= 0.6 is 0 Å². The van der Waals surface area contributed by atoms with E-state index >= 15 is 0 Å². The smallest absolute Gasteiger partial charge is 0.306 e. The second kappa shape index (κ2) is 7.01. The highest BCUT2D eigenvalue weighted by Crippen LogP contribution is 2.21. The largest absolute Gasteiger partial charge is 0.491 e. The molecule has 0 spiro atoms. The Morgan fingerprint density at radius 3 is 2.44 bits per heavy atom. The average molecular weight is 252 g/mol. The van der Waals surface area contributed by atoms with Crippen LogP contribution in [-0.4, -0.2) is 28.9 Å². The van der Waals surface area contributed by atoms with E-state index in [1.807, 2.05) is 24.3 Å². The molecule has 1 rings (SSSR count). The number of aliphatic carboxylic acids is 1. The first-order chi connectivity index (χ1) is 8.52. The third-order valence-electron chi connectivity index (χ3n) is 2.91. The summed E-state index contributed by atoms with van der Waals surface area (Å²) in [6.07, 6.45) is -0.195. The molecule has 0 fully saturated rings. The Bertz CT molecular complexity index is 372. The highest BCUT2D eigenvalue weighted by Gasteiger charge is 2.10. The van der Waals surface area contributed by atoms with Crippen LogP contribution in [0.2, 0.25) is 0 Å². The normalized spacial score (nSPS) is 13.9. The summed E-state index contributed by atoms with van der Waals surface area (Å²) in [6.45, 7) is 4.29. The molecular formula is C14H20O4. The van der Waals surface area contributed by atoms with E-state index in [9.17, 15) is 9.90 Å². The summed E-state index contributed by atoms with van der Waals surface area (Å²) in [5, 5.41) is 17.8. The molecule has 0 aliphatic carbocycles. The van der Waals surface area contributed by atoms with Crippen molar-refractivity contribution in [1.29, 1.82) is 0 Å². The Kier molecular flexibility index (Phi) is 5.65. The molecule has 4 nitrogen and oxygen atoms in total. The van der Waals surface area contributed by atoms with Gasteiger partial charge in [-0.1, -0.05) is 26.0 Å². The number of hydrogen-bond donors (Lipinski definition) is 2. The number of carbonyl (C=O) groups is 1. The van der Waals surface area contributed by atoms with Crippen LogP contribution in [0.5, 0.6) is 5.75 Å². The summed E-state index contributed by atoms with van der Waals surface area (Å²) in [6, 6.07) is 7.67. The van der Waals surface area contributed by atoms with Crippen LogP contribution in [0.3, 0.4) is 0 Å². The Labute approximate surface area is 107 Å². The second-order valence-corrected chi connectivity index (χ2v) is 4.44. The van der Waals surface area contributed by atoms with E-state index in [2.05, 4.69) is 13.8 Å². The van der Waals surface area contributed by atoms with Gasteiger partial charge in [0.1, 0.15) is 12.4 Å². The lowest BCUT2D eigenvalue weighted by molar-refractivity contribution is -0.139. The minimum Gasteiger partial charge on any atom is -0.491 e. The third-order valence-corrected chi connectivity index (χ3v) is 2.91. The maximum Gasteiger partial charge on any atom is 0.306 e. The van der Waals surface area contributed by atoms with Gasteiger partial charge >= 0.3 is 5.97 Å². The molecular weight excluding hydrogens is 232 g/mol. The summed E-state index contributed by atoms with van der Waals surface area (Å²) < 4.78 is 5.32. The lowest BCUT2D eigenvalue weighted by Crippen LogP contribution is -2.21. The van der Waals surface area contributed by atoms with E-state index in [1.165, 1.54) is 5.56 Å². The van der Waals surface area contributed by atoms with Gasteiger partial charge in [-0.3, -0.25) is 4.79 Å². The standard InChI is InChI=1S/C14H20O4/c1-3-10(2)11-4-6-13(7-5-11)18-9-12(15)8-14(16)17/h4-7,10,12,15H,3,8-9H2,1-2H3,(H,16,17)/t10-,12+/m0/s1. The van der Waals surface area contributed by atoms with E-state index in [1.54, 1.807) is 0 Å². The van der Waals surface area contributed by atoms with Gasteiger partial charge in [0.15, 0.2) is 0 Å². The Hall–Kier alpha value is -1.55. The van der Waals surface area contributed by atoms with Gasteiger partial charge in [-0.25, -0.2) is 0 Å². The zero-order valence-electron chi connectivity index (χ0n) is 10.8. The number of carboxylic acid groups (broad SMARTS) is 1. The van der Waals surface area contributed by atoms with Crippen molar-refractivity contribution in [2.75, 3.05) is 6.61 Å². The molecule has 18 heavy (non-hydrogen) atoms. The molecule has 0 radical (unpaired) electrons. The van der Waals surface area contributed by atoms with E-state index in [-0.39, 0.29) is 13.0 Å². The highest BCUT2D eigenvalue weighted by atomic mass is 16.5. The molecule has 0 aromatic heterocycles. The van der Waals surface area contributed by atoms with E-state index in [4.69, 9.17) is 9.84 Å². The number of hydrogen-bond acceptors (Lipinski definition) is 3. The van der Waals surface area contributed by atoms with Crippen LogP contribution < -0.4 is 4.74 Å². The van der Waals surface area contributed by atoms with Gasteiger partial charge in [0.25, 0.3) is 0 Å². The number of ether oxygens (including phenoxy) is 1. The van der Waals surface area contributed by atoms with Crippen molar-refractivity contribution in [3.63, 3.8) is 0 Å². The minimum absolute atomic E-state index is 0.00498. The molecule has 0 bridgehead atoms. The average Bonchev–Trinajstić information content (AvgIpc) is 2.35. The van der Waals surface area contributed by atoms with Gasteiger partial charge in [0, 0.05) is 0 Å². The number of aliphatic hydroxyl groups is 1. The highest BCUT2D eigenvalue weighted by molar-refractivity contribution is 5.67. The Morgan fingerprint density at radius 2 is 1.94 bits per heavy atom. The minimum atomic E-state index is -1.03. The van der Waals surface area contributed by atoms with Crippen LogP contribution in [0.4, 0.5) is 0 Å². The van der Waals surface area contributed by atoms with Gasteiger partial charge in [0.2, 0.25) is 0 Å². The van der Waals surface area contributed by atoms with Crippen molar-refractivity contribution in [3.05, 3.63) is 29.8 Å². The lowest BCUT2D eigenvalue weighted by Gasteiger charge is -2.12. The third kappa shape index (κ3) is 4.75. The lowest BCUT2D eigenvalue weighted by atomic mass is 9.99. The van der Waals surface area contributed by atoms with Crippen LogP contribution in [0.15, 0.2) is 24.3 Å². The molecule has 100 valence electrons. The molecule has 0 saturated carbocycles. The fourth-order valence-electron chi connectivity index (χ4n) is 1.58. The van der Waals surface area contributed by atoms with Crippen molar-refractivity contribution in [2.45, 2.75) is 38.7 Å². The van der Waals surface area contributed by atoms with E-state index in [0.717, 1.165) is 6.42 Å². The van der Waals surface area contributed by atoms with Crippen LogP contribution in [-0.2, 0) is 4.79 Å². The molecule has 0 amide bonds. The van der Waals surface area contributed by atoms with Gasteiger partial charge in [0.05, 0.1) is 12.5 Å². The van der Waals surface area contributed by atoms with Gasteiger partial charge < -0.3 is 14.9 Å². The van der Waals surface area contributed by atoms with Crippen LogP contribution in [0, 0.1) is 0 Å². The van der Waals surface area contributed by atoms with E-state index < -0.39 is 12.1 Å². The maximum absolute atomic E-state index is 10.4. The van der Waals surface area contributed by atoms with Crippen molar-refractivity contribution in [1.82, 2.24) is 0 Å². The van der Waals surface area contributed by atoms with E-state index in [0.29, 0.717) is 11.7 Å². The Morgan fingerprint density at radius 1 is 1.33 bits per heavy atom. The van der Waals surface area contributed by atoms with Crippen LogP contribution in [0.1, 0.15) is 38.2 Å². The molecule has 0 aliphatic rings. The maximum atomic E-state index is 10.4. The second-order valence-electron chi connectivity index (χ2n) is 4.44. The number of aliphatic hydroxyl groups excluding tert-OH is 1. The van der Waals surface area contributed by atoms with Crippen molar-refractivity contribution in [3.8, 4) is 5.75 Å². The SMILES string of the molecule is CC[C@H](C)c1ccc(OC[C@H](O)CC(=O)O)cc1. The van der Waals surface area contributed by atoms with Crippen molar-refractivity contribution >= 4 is 5.97 Å². The zero-order valence-corrected chi connectivity index (χ0v) is 10.8.